The summed E-state index contributed by atoms with van der Waals surface area (Å²) in [4.78, 5) is 22.6. The zero-order valence-electron chi connectivity index (χ0n) is 18.9. The summed E-state index contributed by atoms with van der Waals surface area (Å²) in [5, 5.41) is 20.3. The van der Waals surface area contributed by atoms with Gasteiger partial charge in [-0.25, -0.2) is 18.6 Å². The number of nitrogens with zero attached hydrogens (tertiary/aromatic N) is 5. The Bertz CT molecular complexity index is 1260. The highest BCUT2D eigenvalue weighted by atomic mass is 19.1. The maximum Gasteiger partial charge on any atom is 0.329 e. The molecule has 5 rings (SSSR count). The van der Waals surface area contributed by atoms with Gasteiger partial charge in [0.25, 0.3) is 0 Å². The van der Waals surface area contributed by atoms with E-state index < -0.39 is 34.9 Å². The number of phenolic OH excluding ortho intramolecular Hbond substituents is 2. The Kier molecular flexibility index (Phi) is 5.53. The maximum atomic E-state index is 14.7. The van der Waals surface area contributed by atoms with Gasteiger partial charge in [-0.2, -0.15) is 0 Å². The number of pyridine rings is 1. The first-order valence-corrected chi connectivity index (χ1v) is 11.1. The highest BCUT2D eigenvalue weighted by Crippen LogP contribution is 2.42. The first-order chi connectivity index (χ1) is 16.3. The highest BCUT2D eigenvalue weighted by Gasteiger charge is 2.37. The van der Waals surface area contributed by atoms with E-state index in [1.165, 1.54) is 4.90 Å². The number of anilines is 2. The van der Waals surface area contributed by atoms with E-state index in [9.17, 15) is 23.8 Å². The number of aromatic nitrogens is 2. The summed E-state index contributed by atoms with van der Waals surface area (Å²) in [5.41, 5.74) is 2.17. The van der Waals surface area contributed by atoms with Gasteiger partial charge < -0.3 is 19.5 Å². The van der Waals surface area contributed by atoms with Crippen LogP contribution in [0.5, 0.6) is 11.5 Å². The normalized spacial score (nSPS) is 17.0. The number of aryl methyl sites for hydroxylation is 1. The summed E-state index contributed by atoms with van der Waals surface area (Å²) in [5.74, 6) is -4.52. The monoisotopic (exact) mass is 473 g/mol. The van der Waals surface area contributed by atoms with Crippen molar-refractivity contribution in [1.82, 2.24) is 14.5 Å². The molecule has 1 fully saturated rings. The molecule has 1 saturated heterocycles. The first kappa shape index (κ1) is 22.4. The number of urea groups is 1. The summed E-state index contributed by atoms with van der Waals surface area (Å²) in [6.45, 7) is 5.57. The van der Waals surface area contributed by atoms with Crippen LogP contribution in [0.1, 0.15) is 18.2 Å². The molecule has 0 saturated carbocycles. The van der Waals surface area contributed by atoms with Gasteiger partial charge in [-0.3, -0.25) is 14.7 Å². The van der Waals surface area contributed by atoms with Crippen molar-refractivity contribution in [2.45, 2.75) is 20.0 Å². The fraction of sp³-hybridized carbons (Fsp3) is 0.391. The number of carbonyl (C=O) groups is 1. The number of hydrogen-bond donors (Lipinski definition) is 2. The predicted molar refractivity (Wildman–Crippen MR) is 121 cm³/mol. The van der Waals surface area contributed by atoms with Gasteiger partial charge in [0.05, 0.1) is 25.4 Å². The van der Waals surface area contributed by atoms with E-state index >= 15 is 0 Å². The number of rotatable bonds is 4. The van der Waals surface area contributed by atoms with Crippen LogP contribution < -0.4 is 9.80 Å². The van der Waals surface area contributed by atoms with Gasteiger partial charge in [-0.1, -0.05) is 0 Å². The molecule has 4 heterocycles. The number of halogens is 2. The third-order valence-corrected chi connectivity index (χ3v) is 6.48. The maximum absolute atomic E-state index is 14.7. The topological polar surface area (TPSA) is 94.3 Å². The van der Waals surface area contributed by atoms with Crippen molar-refractivity contribution in [3.63, 3.8) is 0 Å². The van der Waals surface area contributed by atoms with Crippen molar-refractivity contribution in [1.29, 1.82) is 0 Å². The average molecular weight is 473 g/mol. The third kappa shape index (κ3) is 3.43. The molecule has 0 aliphatic carbocycles. The molecular weight excluding hydrogens is 448 g/mol. The molecule has 2 amide bonds. The van der Waals surface area contributed by atoms with Crippen LogP contribution >= 0.6 is 0 Å². The van der Waals surface area contributed by atoms with Crippen molar-refractivity contribution in [2.75, 3.05) is 42.6 Å². The molecule has 0 bridgehead atoms. The summed E-state index contributed by atoms with van der Waals surface area (Å²) < 4.78 is 36.8. The Balaban J connectivity index is 1.60. The van der Waals surface area contributed by atoms with Gasteiger partial charge in [0.15, 0.2) is 23.1 Å². The number of ether oxygens (including phenoxy) is 1. The lowest BCUT2D eigenvalue weighted by Gasteiger charge is -2.37. The number of morpholine rings is 1. The molecule has 0 spiro atoms. The van der Waals surface area contributed by atoms with Gasteiger partial charge in [0.2, 0.25) is 0 Å². The molecule has 2 N–H and O–H groups in total. The molecule has 0 unspecified atom stereocenters. The Labute approximate surface area is 194 Å². The number of benzene rings is 1. The number of aromatic hydroxyl groups is 2. The standard InChI is InChI=1S/C23H25F2N5O4/c1-3-29-20-13(11-30(23(29)33)21-18(24)16(31)9-17(32)19(21)25)10-26-22-15(20)8-14(27(22)2)12-28-4-6-34-7-5-28/h8-10,31-32H,3-7,11-12H2,1-2H3. The van der Waals surface area contributed by atoms with Crippen molar-refractivity contribution in [2.24, 2.45) is 7.05 Å². The lowest BCUT2D eigenvalue weighted by atomic mass is 10.1. The van der Waals surface area contributed by atoms with Crippen LogP contribution in [0.2, 0.25) is 0 Å². The molecule has 2 aliphatic rings. The summed E-state index contributed by atoms with van der Waals surface area (Å²) in [7, 11) is 1.92. The first-order valence-electron chi connectivity index (χ1n) is 11.1. The third-order valence-electron chi connectivity index (χ3n) is 6.48. The number of fused-ring (bicyclic) bond motifs is 3. The second kappa shape index (κ2) is 8.41. The molecule has 9 nitrogen and oxygen atoms in total. The zero-order chi connectivity index (χ0) is 24.1. The number of hydrogen-bond acceptors (Lipinski definition) is 6. The fourth-order valence-electron chi connectivity index (χ4n) is 4.70. The van der Waals surface area contributed by atoms with Gasteiger partial charge in [0.1, 0.15) is 11.3 Å². The summed E-state index contributed by atoms with van der Waals surface area (Å²) in [6.07, 6.45) is 1.59. The van der Waals surface area contributed by atoms with E-state index in [0.29, 0.717) is 42.7 Å². The molecule has 3 aromatic rings. The summed E-state index contributed by atoms with van der Waals surface area (Å²) in [6, 6.07) is 1.91. The minimum absolute atomic E-state index is 0.169. The molecule has 2 aromatic heterocycles. The molecule has 0 radical (unpaired) electrons. The Morgan fingerprint density at radius 1 is 1.09 bits per heavy atom. The van der Waals surface area contributed by atoms with E-state index in [-0.39, 0.29) is 13.1 Å². The molecule has 0 atom stereocenters. The minimum atomic E-state index is -1.32. The van der Waals surface area contributed by atoms with Crippen molar-refractivity contribution in [3.8, 4) is 11.5 Å². The van der Waals surface area contributed by atoms with Gasteiger partial charge in [-0.15, -0.1) is 0 Å². The Morgan fingerprint density at radius 2 is 1.76 bits per heavy atom. The highest BCUT2D eigenvalue weighted by molar-refractivity contribution is 6.11. The summed E-state index contributed by atoms with van der Waals surface area (Å²) >= 11 is 0. The lowest BCUT2D eigenvalue weighted by molar-refractivity contribution is 0.0333. The number of phenols is 2. The largest absolute Gasteiger partial charge is 0.505 e. The van der Waals surface area contributed by atoms with Crippen molar-refractivity contribution in [3.05, 3.63) is 41.2 Å². The van der Waals surface area contributed by atoms with E-state index in [1.807, 2.05) is 17.7 Å². The second-order valence-electron chi connectivity index (χ2n) is 8.46. The van der Waals surface area contributed by atoms with E-state index in [4.69, 9.17) is 4.74 Å². The van der Waals surface area contributed by atoms with Crippen LogP contribution in [-0.2, 0) is 24.9 Å². The fourth-order valence-corrected chi connectivity index (χ4v) is 4.70. The van der Waals surface area contributed by atoms with E-state index in [0.717, 1.165) is 29.1 Å². The van der Waals surface area contributed by atoms with Gasteiger partial charge in [0, 0.05) is 62.1 Å². The van der Waals surface area contributed by atoms with Gasteiger partial charge >= 0.3 is 6.03 Å². The van der Waals surface area contributed by atoms with Crippen LogP contribution in [-0.4, -0.2) is 63.5 Å². The average Bonchev–Trinajstić information content (AvgIpc) is 3.14. The second-order valence-corrected chi connectivity index (χ2v) is 8.46. The molecule has 180 valence electrons. The Morgan fingerprint density at radius 3 is 2.41 bits per heavy atom. The molecule has 2 aliphatic heterocycles. The van der Waals surface area contributed by atoms with Crippen LogP contribution in [0.3, 0.4) is 0 Å². The SMILES string of the molecule is CCN1C(=O)N(c2c(F)c(O)cc(O)c2F)Cc2cnc3c(cc(CN4CCOCC4)n3C)c21. The number of amides is 2. The number of carbonyl (C=O) groups excluding carboxylic acids is 1. The van der Waals surface area contributed by atoms with E-state index in [1.54, 1.807) is 13.1 Å². The minimum Gasteiger partial charge on any atom is -0.505 e. The predicted octanol–water partition coefficient (Wildman–Crippen LogP) is 3.06. The molecule has 11 heteroatoms. The van der Waals surface area contributed by atoms with E-state index in [2.05, 4.69) is 9.88 Å². The van der Waals surface area contributed by atoms with Crippen LogP contribution in [0.4, 0.5) is 25.0 Å². The van der Waals surface area contributed by atoms with Crippen molar-refractivity contribution < 1.29 is 28.5 Å². The Hall–Kier alpha value is -3.44. The quantitative estimate of drug-likeness (QED) is 0.605. The molecular formula is C23H25F2N5O4. The molecule has 1 aromatic carbocycles. The van der Waals surface area contributed by atoms with Gasteiger partial charge in [-0.05, 0) is 13.0 Å². The van der Waals surface area contributed by atoms with Crippen LogP contribution in [0.15, 0.2) is 18.3 Å². The van der Waals surface area contributed by atoms with Crippen LogP contribution in [0, 0.1) is 11.6 Å². The van der Waals surface area contributed by atoms with Crippen LogP contribution in [0.25, 0.3) is 11.0 Å². The zero-order valence-corrected chi connectivity index (χ0v) is 18.9. The lowest BCUT2D eigenvalue weighted by Crippen LogP contribution is -2.48. The van der Waals surface area contributed by atoms with Crippen molar-refractivity contribution >= 4 is 28.4 Å². The smallest absolute Gasteiger partial charge is 0.329 e. The molecule has 34 heavy (non-hydrogen) atoms.